The Morgan fingerprint density at radius 2 is 1.86 bits per heavy atom. The van der Waals surface area contributed by atoms with Crippen LogP contribution in [0.5, 0.6) is 5.75 Å². The van der Waals surface area contributed by atoms with Gasteiger partial charge in [0.15, 0.2) is 0 Å². The van der Waals surface area contributed by atoms with E-state index in [4.69, 9.17) is 27.9 Å². The first-order valence-corrected chi connectivity index (χ1v) is 7.56. The molecule has 1 aliphatic rings. The van der Waals surface area contributed by atoms with E-state index in [1.165, 1.54) is 6.33 Å². The lowest BCUT2D eigenvalue weighted by molar-refractivity contribution is 0.143. The van der Waals surface area contributed by atoms with Crippen LogP contribution in [0.1, 0.15) is 18.1 Å². The smallest absolute Gasteiger partial charge is 0.131 e. The molecule has 0 unspecified atom stereocenters. The van der Waals surface area contributed by atoms with E-state index in [1.807, 2.05) is 0 Å². The number of nitrogens with zero attached hydrogens (tertiary/aromatic N) is 2. The van der Waals surface area contributed by atoms with Gasteiger partial charge in [0, 0.05) is 40.5 Å². The van der Waals surface area contributed by atoms with Crippen molar-refractivity contribution >= 4 is 23.2 Å². The highest BCUT2D eigenvalue weighted by Crippen LogP contribution is 2.33. The van der Waals surface area contributed by atoms with E-state index in [-0.39, 0.29) is 6.10 Å². The van der Waals surface area contributed by atoms with Gasteiger partial charge in [0.1, 0.15) is 18.2 Å². The van der Waals surface area contributed by atoms with E-state index in [2.05, 4.69) is 15.3 Å². The molecule has 4 nitrogen and oxygen atoms in total. The van der Waals surface area contributed by atoms with Crippen LogP contribution in [0.2, 0.25) is 10.0 Å². The van der Waals surface area contributed by atoms with Crippen molar-refractivity contribution in [2.45, 2.75) is 12.5 Å². The predicted octanol–water partition coefficient (Wildman–Crippen LogP) is 3.51. The Kier molecular flexibility index (Phi) is 4.58. The Morgan fingerprint density at radius 1 is 1.14 bits per heavy atom. The van der Waals surface area contributed by atoms with E-state index < -0.39 is 0 Å². The molecule has 0 aliphatic carbocycles. The number of ether oxygens (including phenoxy) is 1. The summed E-state index contributed by atoms with van der Waals surface area (Å²) in [5.41, 5.74) is 0.960. The minimum absolute atomic E-state index is 0.115. The Morgan fingerprint density at radius 3 is 2.48 bits per heavy atom. The zero-order valence-electron chi connectivity index (χ0n) is 11.3. The average molecular weight is 324 g/mol. The number of halogens is 2. The van der Waals surface area contributed by atoms with Crippen LogP contribution in [0.25, 0.3) is 0 Å². The maximum absolute atomic E-state index is 6.16. The van der Waals surface area contributed by atoms with Gasteiger partial charge < -0.3 is 10.1 Å². The summed E-state index contributed by atoms with van der Waals surface area (Å²) in [5.74, 6) is 1.03. The maximum Gasteiger partial charge on any atom is 0.131 e. The first kappa shape index (κ1) is 14.6. The number of rotatable bonds is 4. The van der Waals surface area contributed by atoms with Crippen LogP contribution < -0.4 is 10.1 Å². The quantitative estimate of drug-likeness (QED) is 0.935. The molecule has 2 atom stereocenters. The monoisotopic (exact) mass is 323 g/mol. The molecule has 2 aromatic rings. The highest BCUT2D eigenvalue weighted by Gasteiger charge is 2.28. The summed E-state index contributed by atoms with van der Waals surface area (Å²) >= 11 is 12.1. The van der Waals surface area contributed by atoms with Gasteiger partial charge >= 0.3 is 0 Å². The van der Waals surface area contributed by atoms with Gasteiger partial charge in [-0.2, -0.15) is 0 Å². The van der Waals surface area contributed by atoms with Gasteiger partial charge in [-0.3, -0.25) is 0 Å². The van der Waals surface area contributed by atoms with Crippen molar-refractivity contribution in [1.82, 2.24) is 15.3 Å². The molecule has 0 spiro atoms. The number of benzene rings is 1. The topological polar surface area (TPSA) is 47.0 Å². The molecule has 0 amide bonds. The number of hydrogen-bond acceptors (Lipinski definition) is 4. The zero-order chi connectivity index (χ0) is 14.7. The van der Waals surface area contributed by atoms with Gasteiger partial charge in [0.25, 0.3) is 0 Å². The highest BCUT2D eigenvalue weighted by atomic mass is 35.5. The van der Waals surface area contributed by atoms with Crippen molar-refractivity contribution in [3.63, 3.8) is 0 Å². The van der Waals surface area contributed by atoms with E-state index >= 15 is 0 Å². The first-order valence-electron chi connectivity index (χ1n) is 6.81. The first-order chi connectivity index (χ1) is 10.2. The summed E-state index contributed by atoms with van der Waals surface area (Å²) in [6.45, 7) is 1.91. The summed E-state index contributed by atoms with van der Waals surface area (Å²) in [4.78, 5) is 8.18. The molecule has 1 fully saturated rings. The molecular formula is C15H15Cl2N3O. The molecule has 6 heteroatoms. The lowest BCUT2D eigenvalue weighted by atomic mass is 9.96. The summed E-state index contributed by atoms with van der Waals surface area (Å²) in [5, 5.41) is 4.48. The van der Waals surface area contributed by atoms with E-state index in [1.54, 1.807) is 30.6 Å². The second-order valence-electron chi connectivity index (χ2n) is 5.07. The number of aromatic nitrogens is 2. The summed E-state index contributed by atoms with van der Waals surface area (Å²) < 4.78 is 6.16. The van der Waals surface area contributed by atoms with E-state index in [0.717, 1.165) is 25.1 Å². The van der Waals surface area contributed by atoms with Crippen LogP contribution in [-0.2, 0) is 0 Å². The fourth-order valence-corrected chi connectivity index (χ4v) is 3.08. The molecule has 110 valence electrons. The molecule has 1 saturated heterocycles. The van der Waals surface area contributed by atoms with Crippen LogP contribution in [0.15, 0.2) is 36.9 Å². The zero-order valence-corrected chi connectivity index (χ0v) is 12.8. The fourth-order valence-electron chi connectivity index (χ4n) is 2.57. The number of hydrogen-bond donors (Lipinski definition) is 1. The molecule has 21 heavy (non-hydrogen) atoms. The standard InChI is InChI=1S/C15H15Cl2N3O/c16-12-3-13(17)5-14(4-12)21-15(10-1-2-18-6-10)11-7-19-9-20-8-11/h3-5,7-10,15,18H,1-2,6H2/t10-,15+/m0/s1. The highest BCUT2D eigenvalue weighted by molar-refractivity contribution is 6.34. The lowest BCUT2D eigenvalue weighted by Gasteiger charge is -2.24. The third-order valence-electron chi connectivity index (χ3n) is 3.53. The third-order valence-corrected chi connectivity index (χ3v) is 3.97. The van der Waals surface area contributed by atoms with E-state index in [0.29, 0.717) is 21.7 Å². The molecule has 0 saturated carbocycles. The fraction of sp³-hybridized carbons (Fsp3) is 0.333. The van der Waals surface area contributed by atoms with Gasteiger partial charge in [-0.25, -0.2) is 9.97 Å². The molecule has 1 aliphatic heterocycles. The Hall–Kier alpha value is -1.36. The molecule has 1 N–H and O–H groups in total. The van der Waals surface area contributed by atoms with Gasteiger partial charge in [0.2, 0.25) is 0 Å². The Bertz CT molecular complexity index is 583. The molecule has 3 rings (SSSR count). The van der Waals surface area contributed by atoms with Gasteiger partial charge in [-0.15, -0.1) is 0 Å². The average Bonchev–Trinajstić information content (AvgIpc) is 2.98. The largest absolute Gasteiger partial charge is 0.485 e. The van der Waals surface area contributed by atoms with Crippen molar-refractivity contribution in [3.05, 3.63) is 52.5 Å². The molecular weight excluding hydrogens is 309 g/mol. The molecule has 2 heterocycles. The SMILES string of the molecule is Clc1cc(Cl)cc(O[C@@H](c2cncnc2)[C@H]2CCNC2)c1. The molecule has 1 aromatic carbocycles. The summed E-state index contributed by atoms with van der Waals surface area (Å²) in [7, 11) is 0. The number of nitrogens with one attached hydrogen (secondary N) is 1. The van der Waals surface area contributed by atoms with Crippen LogP contribution in [0.3, 0.4) is 0 Å². The van der Waals surface area contributed by atoms with E-state index in [9.17, 15) is 0 Å². The normalized spacial score (nSPS) is 19.4. The van der Waals surface area contributed by atoms with Gasteiger partial charge in [0.05, 0.1) is 0 Å². The second kappa shape index (κ2) is 6.60. The Balaban J connectivity index is 1.88. The van der Waals surface area contributed by atoms with Gasteiger partial charge in [-0.05, 0) is 31.2 Å². The lowest BCUT2D eigenvalue weighted by Crippen LogP contribution is -2.21. The minimum Gasteiger partial charge on any atom is -0.485 e. The minimum atomic E-state index is -0.115. The van der Waals surface area contributed by atoms with Crippen molar-refractivity contribution in [3.8, 4) is 5.75 Å². The summed E-state index contributed by atoms with van der Waals surface area (Å²) in [6, 6.07) is 5.23. The molecule has 1 aromatic heterocycles. The van der Waals surface area contributed by atoms with Crippen LogP contribution >= 0.6 is 23.2 Å². The Labute approximate surface area is 133 Å². The van der Waals surface area contributed by atoms with Crippen LogP contribution in [-0.4, -0.2) is 23.1 Å². The molecule has 0 radical (unpaired) electrons. The summed E-state index contributed by atoms with van der Waals surface area (Å²) in [6.07, 6.45) is 6.04. The van der Waals surface area contributed by atoms with Crippen LogP contribution in [0, 0.1) is 5.92 Å². The second-order valence-corrected chi connectivity index (χ2v) is 5.94. The maximum atomic E-state index is 6.16. The van der Waals surface area contributed by atoms with Crippen molar-refractivity contribution in [2.24, 2.45) is 5.92 Å². The van der Waals surface area contributed by atoms with Crippen LogP contribution in [0.4, 0.5) is 0 Å². The van der Waals surface area contributed by atoms with Crippen molar-refractivity contribution < 1.29 is 4.74 Å². The van der Waals surface area contributed by atoms with Gasteiger partial charge in [-0.1, -0.05) is 23.2 Å². The molecule has 0 bridgehead atoms. The third kappa shape index (κ3) is 3.64. The predicted molar refractivity (Wildman–Crippen MR) is 82.8 cm³/mol. The van der Waals surface area contributed by atoms with Crippen molar-refractivity contribution in [1.29, 1.82) is 0 Å². The van der Waals surface area contributed by atoms with Crippen molar-refractivity contribution in [2.75, 3.05) is 13.1 Å².